The third-order valence-electron chi connectivity index (χ3n) is 1.93. The Bertz CT molecular complexity index is 370. The van der Waals surface area contributed by atoms with E-state index in [1.165, 1.54) is 0 Å². The lowest BCUT2D eigenvalue weighted by molar-refractivity contribution is -0.138. The van der Waals surface area contributed by atoms with Crippen molar-refractivity contribution in [2.24, 2.45) is 5.73 Å². The fourth-order valence-corrected chi connectivity index (χ4v) is 1.19. The Morgan fingerprint density at radius 2 is 1.93 bits per heavy atom. The minimum Gasteiger partial charge on any atom is -0.321 e. The molecule has 0 amide bonds. The topological polar surface area (TPSA) is 26.0 Å². The maximum Gasteiger partial charge on any atom is 0.416 e. The molecule has 82 valence electrons. The van der Waals surface area contributed by atoms with Crippen molar-refractivity contribution < 1.29 is 17.6 Å². The van der Waals surface area contributed by atoms with Crippen molar-refractivity contribution in [2.45, 2.75) is 12.2 Å². The third kappa shape index (κ3) is 2.56. The first kappa shape index (κ1) is 11.7. The zero-order valence-corrected chi connectivity index (χ0v) is 7.68. The van der Waals surface area contributed by atoms with Crippen molar-refractivity contribution in [2.75, 3.05) is 0 Å². The average molecular weight is 219 g/mol. The fraction of sp³-hybridized carbons (Fsp3) is 0.200. The molecule has 2 N–H and O–H groups in total. The Morgan fingerprint density at radius 3 is 2.40 bits per heavy atom. The van der Waals surface area contributed by atoms with Gasteiger partial charge in [-0.15, -0.1) is 6.58 Å². The SMILES string of the molecule is C=C[C@H](N)c1cc(F)ccc1C(F)(F)F. The summed E-state index contributed by atoms with van der Waals surface area (Å²) in [6.45, 7) is 3.28. The van der Waals surface area contributed by atoms with Crippen molar-refractivity contribution >= 4 is 0 Å². The molecule has 1 aromatic rings. The molecule has 0 unspecified atom stereocenters. The average Bonchev–Trinajstić information content (AvgIpc) is 2.14. The molecular formula is C10H9F4N. The van der Waals surface area contributed by atoms with E-state index in [1.54, 1.807) is 0 Å². The van der Waals surface area contributed by atoms with Crippen LogP contribution in [0.4, 0.5) is 17.6 Å². The molecule has 0 saturated heterocycles. The van der Waals surface area contributed by atoms with Crippen LogP contribution in [0.5, 0.6) is 0 Å². The van der Waals surface area contributed by atoms with Gasteiger partial charge < -0.3 is 5.73 Å². The van der Waals surface area contributed by atoms with E-state index < -0.39 is 23.6 Å². The third-order valence-corrected chi connectivity index (χ3v) is 1.93. The first-order valence-corrected chi connectivity index (χ1v) is 4.11. The highest BCUT2D eigenvalue weighted by Crippen LogP contribution is 2.34. The second-order valence-corrected chi connectivity index (χ2v) is 2.99. The van der Waals surface area contributed by atoms with Gasteiger partial charge in [-0.05, 0) is 23.8 Å². The highest BCUT2D eigenvalue weighted by atomic mass is 19.4. The molecule has 0 saturated carbocycles. The van der Waals surface area contributed by atoms with E-state index in [9.17, 15) is 17.6 Å². The van der Waals surface area contributed by atoms with Crippen LogP contribution in [-0.2, 0) is 6.18 Å². The van der Waals surface area contributed by atoms with Crippen LogP contribution in [0, 0.1) is 5.82 Å². The van der Waals surface area contributed by atoms with Crippen LogP contribution in [0.2, 0.25) is 0 Å². The van der Waals surface area contributed by atoms with Gasteiger partial charge in [-0.2, -0.15) is 13.2 Å². The minimum atomic E-state index is -4.54. The number of rotatable bonds is 2. The van der Waals surface area contributed by atoms with Crippen molar-refractivity contribution in [1.29, 1.82) is 0 Å². The number of alkyl halides is 3. The molecule has 0 fully saturated rings. The van der Waals surface area contributed by atoms with E-state index in [4.69, 9.17) is 5.73 Å². The van der Waals surface area contributed by atoms with E-state index in [2.05, 4.69) is 6.58 Å². The lowest BCUT2D eigenvalue weighted by Crippen LogP contribution is -2.16. The summed E-state index contributed by atoms with van der Waals surface area (Å²) in [6.07, 6.45) is -3.41. The fourth-order valence-electron chi connectivity index (χ4n) is 1.19. The highest BCUT2D eigenvalue weighted by molar-refractivity contribution is 5.34. The van der Waals surface area contributed by atoms with Crippen molar-refractivity contribution in [1.82, 2.24) is 0 Å². The number of hydrogen-bond donors (Lipinski definition) is 1. The molecule has 1 nitrogen and oxygen atoms in total. The molecule has 15 heavy (non-hydrogen) atoms. The highest BCUT2D eigenvalue weighted by Gasteiger charge is 2.34. The number of nitrogens with two attached hydrogens (primary N) is 1. The van der Waals surface area contributed by atoms with Gasteiger partial charge in [0, 0.05) is 6.04 Å². The molecule has 0 radical (unpaired) electrons. The Balaban J connectivity index is 3.33. The van der Waals surface area contributed by atoms with Crippen LogP contribution in [0.1, 0.15) is 17.2 Å². The molecule has 1 atom stereocenters. The van der Waals surface area contributed by atoms with E-state index in [1.807, 2.05) is 0 Å². The second kappa shape index (κ2) is 4.02. The summed E-state index contributed by atoms with van der Waals surface area (Å²) in [5, 5.41) is 0. The smallest absolute Gasteiger partial charge is 0.321 e. The Kier molecular flexibility index (Phi) is 3.14. The molecule has 1 aromatic carbocycles. The maximum atomic E-state index is 12.8. The number of halogens is 4. The summed E-state index contributed by atoms with van der Waals surface area (Å²) >= 11 is 0. The van der Waals surface area contributed by atoms with Crippen molar-refractivity contribution in [3.05, 3.63) is 47.8 Å². The first-order valence-electron chi connectivity index (χ1n) is 4.11. The number of hydrogen-bond acceptors (Lipinski definition) is 1. The minimum absolute atomic E-state index is 0.308. The van der Waals surface area contributed by atoms with Gasteiger partial charge in [-0.1, -0.05) is 6.08 Å². The molecule has 5 heteroatoms. The predicted octanol–water partition coefficient (Wildman–Crippen LogP) is 3.03. The quantitative estimate of drug-likeness (QED) is 0.600. The Labute approximate surface area is 84.2 Å². The van der Waals surface area contributed by atoms with Crippen molar-refractivity contribution in [3.8, 4) is 0 Å². The van der Waals surface area contributed by atoms with Crippen LogP contribution in [0.15, 0.2) is 30.9 Å². The summed E-state index contributed by atoms with van der Waals surface area (Å²) in [6, 6.07) is 1.17. The van der Waals surface area contributed by atoms with E-state index >= 15 is 0 Å². The maximum absolute atomic E-state index is 12.8. The van der Waals surface area contributed by atoms with E-state index in [0.717, 1.165) is 18.2 Å². The van der Waals surface area contributed by atoms with Crippen LogP contribution in [-0.4, -0.2) is 0 Å². The summed E-state index contributed by atoms with van der Waals surface area (Å²) in [4.78, 5) is 0. The van der Waals surface area contributed by atoms with Crippen LogP contribution in [0.25, 0.3) is 0 Å². The standard InChI is InChI=1S/C10H9F4N/c1-2-9(15)7-5-6(11)3-4-8(7)10(12,13)14/h2-5,9H,1,15H2/t9-/m0/s1. The monoisotopic (exact) mass is 219 g/mol. The molecule has 0 spiro atoms. The Morgan fingerprint density at radius 1 is 1.33 bits per heavy atom. The molecule has 0 bridgehead atoms. The van der Waals surface area contributed by atoms with Gasteiger partial charge in [0.15, 0.2) is 0 Å². The lowest BCUT2D eigenvalue weighted by atomic mass is 10.0. The van der Waals surface area contributed by atoms with Gasteiger partial charge in [-0.3, -0.25) is 0 Å². The molecule has 0 aliphatic rings. The van der Waals surface area contributed by atoms with Crippen LogP contribution in [0.3, 0.4) is 0 Å². The molecular weight excluding hydrogens is 210 g/mol. The molecule has 0 heterocycles. The normalized spacial score (nSPS) is 13.7. The van der Waals surface area contributed by atoms with Gasteiger partial charge in [0.2, 0.25) is 0 Å². The zero-order valence-electron chi connectivity index (χ0n) is 7.68. The second-order valence-electron chi connectivity index (χ2n) is 2.99. The summed E-state index contributed by atoms with van der Waals surface area (Å²) in [7, 11) is 0. The summed E-state index contributed by atoms with van der Waals surface area (Å²) in [5.74, 6) is -0.754. The van der Waals surface area contributed by atoms with Gasteiger partial charge in [0.05, 0.1) is 5.56 Å². The summed E-state index contributed by atoms with van der Waals surface area (Å²) in [5.41, 5.74) is 4.13. The molecule has 1 rings (SSSR count). The summed E-state index contributed by atoms with van der Waals surface area (Å²) < 4.78 is 50.2. The van der Waals surface area contributed by atoms with Gasteiger partial charge in [0.25, 0.3) is 0 Å². The van der Waals surface area contributed by atoms with Crippen LogP contribution < -0.4 is 5.73 Å². The van der Waals surface area contributed by atoms with Crippen molar-refractivity contribution in [3.63, 3.8) is 0 Å². The van der Waals surface area contributed by atoms with Gasteiger partial charge >= 0.3 is 6.18 Å². The number of benzene rings is 1. The van der Waals surface area contributed by atoms with Gasteiger partial charge in [0.1, 0.15) is 5.82 Å². The van der Waals surface area contributed by atoms with E-state index in [0.29, 0.717) is 6.07 Å². The van der Waals surface area contributed by atoms with E-state index in [-0.39, 0.29) is 5.56 Å². The molecule has 0 aliphatic heterocycles. The molecule has 0 aliphatic carbocycles. The van der Waals surface area contributed by atoms with Crippen LogP contribution >= 0.6 is 0 Å². The Hall–Kier alpha value is -1.36. The predicted molar refractivity (Wildman–Crippen MR) is 48.5 cm³/mol. The lowest BCUT2D eigenvalue weighted by Gasteiger charge is -2.15. The largest absolute Gasteiger partial charge is 0.416 e. The first-order chi connectivity index (χ1) is 6.86. The van der Waals surface area contributed by atoms with Gasteiger partial charge in [-0.25, -0.2) is 4.39 Å². The molecule has 0 aromatic heterocycles. The zero-order chi connectivity index (χ0) is 11.6.